The van der Waals surface area contributed by atoms with Gasteiger partial charge >= 0.3 is 57.7 Å². The van der Waals surface area contributed by atoms with Gasteiger partial charge in [-0.1, -0.05) is 0 Å². The van der Waals surface area contributed by atoms with Crippen LogP contribution in [0.1, 0.15) is 27.2 Å². The first-order chi connectivity index (χ1) is 4.11. The van der Waals surface area contributed by atoms with Gasteiger partial charge in [-0.05, 0) is 0 Å². The van der Waals surface area contributed by atoms with Crippen molar-refractivity contribution in [2.45, 2.75) is 33.5 Å². The van der Waals surface area contributed by atoms with Gasteiger partial charge in [0.05, 0.1) is 0 Å². The van der Waals surface area contributed by atoms with Gasteiger partial charge in [0.1, 0.15) is 0 Å². The zero-order valence-electron chi connectivity index (χ0n) is 6.65. The fourth-order valence-electron chi connectivity index (χ4n) is 1.32. The van der Waals surface area contributed by atoms with Crippen LogP contribution in [0.5, 0.6) is 0 Å². The molecule has 50 valence electrons. The molecule has 0 amide bonds. The van der Waals surface area contributed by atoms with E-state index in [1.54, 1.807) is 0 Å². The van der Waals surface area contributed by atoms with E-state index in [4.69, 9.17) is 0 Å². The van der Waals surface area contributed by atoms with Gasteiger partial charge in [0.15, 0.2) is 0 Å². The Hall–Kier alpha value is -0.0651. The van der Waals surface area contributed by atoms with Gasteiger partial charge in [-0.15, -0.1) is 0 Å². The van der Waals surface area contributed by atoms with Crippen molar-refractivity contribution < 1.29 is 0 Å². The van der Waals surface area contributed by atoms with E-state index in [-0.39, 0.29) is 0 Å². The summed E-state index contributed by atoms with van der Waals surface area (Å²) in [6.07, 6.45) is 2.59. The third-order valence-electron chi connectivity index (χ3n) is 2.23. The summed E-state index contributed by atoms with van der Waals surface area (Å²) in [6.45, 7) is 9.27. The molecular formula is C8H15B. The Balaban J connectivity index is 2.46. The zero-order chi connectivity index (χ0) is 6.91. The van der Waals surface area contributed by atoms with Crippen LogP contribution in [-0.2, 0) is 0 Å². The Morgan fingerprint density at radius 2 is 2.11 bits per heavy atom. The van der Waals surface area contributed by atoms with Crippen LogP contribution in [0.2, 0.25) is 6.32 Å². The minimum absolute atomic E-state index is 0.517. The molecule has 0 radical (unpaired) electrons. The Morgan fingerprint density at radius 3 is 2.33 bits per heavy atom. The number of hydrogen-bond acceptors (Lipinski definition) is 0. The first kappa shape index (κ1) is 7.05. The first-order valence-corrected chi connectivity index (χ1v) is 3.76. The van der Waals surface area contributed by atoms with E-state index in [1.165, 1.54) is 12.7 Å². The Labute approximate surface area is 58.6 Å². The fraction of sp³-hybridized carbons (Fsp3) is 0.875. The maximum atomic E-state index is 2.32. The van der Waals surface area contributed by atoms with Crippen LogP contribution in [-0.4, -0.2) is 12.9 Å². The molecule has 1 aliphatic rings. The van der Waals surface area contributed by atoms with E-state index in [0.717, 1.165) is 5.92 Å². The predicted octanol–water partition coefficient (Wildman–Crippen LogP) is 1.98. The average Bonchev–Trinajstić information content (AvgIpc) is 2.08. The maximum absolute atomic E-state index is 2.32. The standard InChI is InChI=1S/C8H15B/c1-8(2,3)7-4-5-9-6-7/h5,7H,4,6H2,1-3H3. The summed E-state index contributed by atoms with van der Waals surface area (Å²) in [5.74, 6) is 3.20. The molecular weight excluding hydrogens is 107 g/mol. The topological polar surface area (TPSA) is 0 Å². The molecule has 1 aliphatic heterocycles. The van der Waals surface area contributed by atoms with Crippen molar-refractivity contribution in [3.8, 4) is 0 Å². The molecule has 1 unspecified atom stereocenters. The van der Waals surface area contributed by atoms with Crippen molar-refractivity contribution in [2.24, 2.45) is 11.3 Å². The molecule has 0 saturated carbocycles. The molecule has 0 aliphatic carbocycles. The average molecular weight is 122 g/mol. The third-order valence-corrected chi connectivity index (χ3v) is 2.23. The van der Waals surface area contributed by atoms with Crippen LogP contribution in [0.15, 0.2) is 0 Å². The van der Waals surface area contributed by atoms with Crippen molar-refractivity contribution >= 4 is 12.9 Å². The van der Waals surface area contributed by atoms with E-state index in [1.807, 2.05) is 0 Å². The van der Waals surface area contributed by atoms with Gasteiger partial charge in [0.2, 0.25) is 0 Å². The molecule has 1 heteroatoms. The Kier molecular flexibility index (Phi) is 1.79. The normalized spacial score (nSPS) is 26.3. The molecule has 0 fully saturated rings. The molecule has 0 aromatic carbocycles. The minimum atomic E-state index is 0.517. The summed E-state index contributed by atoms with van der Waals surface area (Å²) in [5, 5.41) is 0. The quantitative estimate of drug-likeness (QED) is 0.431. The first-order valence-electron chi connectivity index (χ1n) is 3.76. The number of rotatable bonds is 0. The van der Waals surface area contributed by atoms with Crippen LogP contribution in [0, 0.1) is 11.3 Å². The monoisotopic (exact) mass is 122 g/mol. The van der Waals surface area contributed by atoms with Crippen LogP contribution < -0.4 is 0 Å². The van der Waals surface area contributed by atoms with Crippen molar-refractivity contribution in [3.63, 3.8) is 0 Å². The second-order valence-corrected chi connectivity index (χ2v) is 4.01. The number of hydrogen-bond donors (Lipinski definition) is 0. The van der Waals surface area contributed by atoms with Crippen LogP contribution in [0.4, 0.5) is 0 Å². The summed E-state index contributed by atoms with van der Waals surface area (Å²) in [7, 11) is 0. The van der Waals surface area contributed by atoms with E-state index in [2.05, 4.69) is 33.7 Å². The fourth-order valence-corrected chi connectivity index (χ4v) is 1.32. The summed E-state index contributed by atoms with van der Waals surface area (Å²) in [6, 6.07) is 0. The molecule has 0 aromatic rings. The third kappa shape index (κ3) is 1.67. The van der Waals surface area contributed by atoms with Crippen molar-refractivity contribution in [2.75, 3.05) is 0 Å². The van der Waals surface area contributed by atoms with Crippen molar-refractivity contribution in [1.29, 1.82) is 0 Å². The molecule has 9 heavy (non-hydrogen) atoms. The summed E-state index contributed by atoms with van der Waals surface area (Å²) < 4.78 is 0. The molecule has 0 spiro atoms. The second-order valence-electron chi connectivity index (χ2n) is 4.01. The molecule has 1 heterocycles. The predicted molar refractivity (Wildman–Crippen MR) is 44.2 cm³/mol. The van der Waals surface area contributed by atoms with Crippen LogP contribution >= 0.6 is 0 Å². The van der Waals surface area contributed by atoms with Gasteiger partial charge in [0, 0.05) is 0 Å². The van der Waals surface area contributed by atoms with Gasteiger partial charge in [-0.25, -0.2) is 0 Å². The molecule has 0 saturated heterocycles. The van der Waals surface area contributed by atoms with Crippen LogP contribution in [0.25, 0.3) is 0 Å². The molecule has 0 aromatic heterocycles. The molecule has 1 rings (SSSR count). The van der Waals surface area contributed by atoms with Gasteiger partial charge in [0.25, 0.3) is 0 Å². The zero-order valence-corrected chi connectivity index (χ0v) is 6.65. The molecule has 1 atom stereocenters. The van der Waals surface area contributed by atoms with Gasteiger partial charge in [-0.2, -0.15) is 0 Å². The summed E-state index contributed by atoms with van der Waals surface area (Å²) in [4.78, 5) is 0. The van der Waals surface area contributed by atoms with Gasteiger partial charge in [-0.3, -0.25) is 0 Å². The van der Waals surface area contributed by atoms with Crippen molar-refractivity contribution in [1.82, 2.24) is 0 Å². The molecule has 0 N–H and O–H groups in total. The van der Waals surface area contributed by atoms with E-state index < -0.39 is 0 Å². The van der Waals surface area contributed by atoms with E-state index >= 15 is 0 Å². The van der Waals surface area contributed by atoms with Crippen LogP contribution in [0.3, 0.4) is 0 Å². The Morgan fingerprint density at radius 1 is 1.44 bits per heavy atom. The van der Waals surface area contributed by atoms with E-state index in [9.17, 15) is 0 Å². The molecule has 0 bridgehead atoms. The van der Waals surface area contributed by atoms with Gasteiger partial charge < -0.3 is 0 Å². The van der Waals surface area contributed by atoms with E-state index in [0.29, 0.717) is 5.41 Å². The molecule has 0 nitrogen and oxygen atoms in total. The van der Waals surface area contributed by atoms with Crippen molar-refractivity contribution in [3.05, 3.63) is 0 Å². The Bertz CT molecular complexity index is 111. The summed E-state index contributed by atoms with van der Waals surface area (Å²) in [5.41, 5.74) is 0.517. The summed E-state index contributed by atoms with van der Waals surface area (Å²) >= 11 is 0. The second kappa shape index (κ2) is 2.28. The SMILES string of the molecule is CC(C)(C)C1CB=CC1.